The summed E-state index contributed by atoms with van der Waals surface area (Å²) >= 11 is 0. The zero-order valence-corrected chi connectivity index (χ0v) is 15.7. The first-order valence-electron chi connectivity index (χ1n) is 8.65. The number of nitrogens with one attached hydrogen (secondary N) is 2. The van der Waals surface area contributed by atoms with Crippen molar-refractivity contribution in [2.75, 3.05) is 18.4 Å². The van der Waals surface area contributed by atoms with Crippen molar-refractivity contribution < 1.29 is 13.2 Å². The largest absolute Gasteiger partial charge is 0.324 e. The molecule has 8 heteroatoms. The van der Waals surface area contributed by atoms with Crippen molar-refractivity contribution in [1.82, 2.24) is 14.2 Å². The van der Waals surface area contributed by atoms with E-state index < -0.39 is 15.3 Å². The fraction of sp³-hybridized carbons (Fsp3) is 0.389. The van der Waals surface area contributed by atoms with Gasteiger partial charge in [-0.2, -0.15) is 0 Å². The topological polar surface area (TPSA) is 83.4 Å². The van der Waals surface area contributed by atoms with Crippen LogP contribution in [0.1, 0.15) is 20.3 Å². The van der Waals surface area contributed by atoms with Crippen LogP contribution in [0.3, 0.4) is 0 Å². The average Bonchev–Trinajstić information content (AvgIpc) is 3.26. The number of likely N-dealkylation sites (tertiary alicyclic amines) is 1. The van der Waals surface area contributed by atoms with Crippen molar-refractivity contribution in [2.24, 2.45) is 0 Å². The van der Waals surface area contributed by atoms with E-state index in [1.165, 1.54) is 0 Å². The molecular weight excluding hydrogens is 352 g/mol. The molecule has 1 aliphatic rings. The Morgan fingerprint density at radius 1 is 1.19 bits per heavy atom. The van der Waals surface area contributed by atoms with Crippen LogP contribution in [0.25, 0.3) is 5.69 Å². The van der Waals surface area contributed by atoms with Gasteiger partial charge < -0.3 is 14.8 Å². The normalized spacial score (nSPS) is 17.7. The third-order valence-corrected chi connectivity index (χ3v) is 6.33. The molecule has 2 N–H and O–H groups in total. The number of amides is 2. The molecule has 1 atom stereocenters. The molecule has 1 saturated heterocycles. The molecule has 0 bridgehead atoms. The van der Waals surface area contributed by atoms with Crippen molar-refractivity contribution in [3.8, 4) is 5.69 Å². The van der Waals surface area contributed by atoms with Crippen molar-refractivity contribution in [1.29, 1.82) is 0 Å². The molecule has 1 aliphatic heterocycles. The van der Waals surface area contributed by atoms with Crippen LogP contribution in [0.2, 0.25) is 0 Å². The molecule has 0 aliphatic carbocycles. The van der Waals surface area contributed by atoms with Crippen LogP contribution in [-0.2, 0) is 10.0 Å². The van der Waals surface area contributed by atoms with Crippen molar-refractivity contribution in [2.45, 2.75) is 31.6 Å². The summed E-state index contributed by atoms with van der Waals surface area (Å²) in [4.78, 5) is 14.0. The summed E-state index contributed by atoms with van der Waals surface area (Å²) in [6.45, 7) is 4.20. The lowest BCUT2D eigenvalue weighted by atomic mass is 10.2. The predicted octanol–water partition coefficient (Wildman–Crippen LogP) is 2.41. The van der Waals surface area contributed by atoms with E-state index in [0.717, 1.165) is 5.69 Å². The molecule has 0 radical (unpaired) electrons. The Morgan fingerprint density at radius 3 is 2.62 bits per heavy atom. The number of nitrogens with zero attached hydrogens (tertiary/aromatic N) is 2. The highest BCUT2D eigenvalue weighted by Gasteiger charge is 2.35. The fourth-order valence-electron chi connectivity index (χ4n) is 3.04. The molecule has 7 nitrogen and oxygen atoms in total. The first-order chi connectivity index (χ1) is 12.3. The molecule has 2 aromatic rings. The van der Waals surface area contributed by atoms with Crippen molar-refractivity contribution in [3.05, 3.63) is 48.8 Å². The minimum absolute atomic E-state index is 0.153. The number of aromatic nitrogens is 1. The third-order valence-electron chi connectivity index (χ3n) is 4.27. The van der Waals surface area contributed by atoms with Gasteiger partial charge in [0.05, 0.1) is 5.25 Å². The first kappa shape index (κ1) is 18.5. The molecule has 0 spiro atoms. The maximum Gasteiger partial charge on any atom is 0.321 e. The van der Waals surface area contributed by atoms with Gasteiger partial charge in [0.1, 0.15) is 0 Å². The summed E-state index contributed by atoms with van der Waals surface area (Å²) in [5, 5.41) is 2.29. The van der Waals surface area contributed by atoms with Crippen LogP contribution < -0.4 is 10.0 Å². The van der Waals surface area contributed by atoms with Gasteiger partial charge in [0.15, 0.2) is 0 Å². The summed E-state index contributed by atoms with van der Waals surface area (Å²) < 4.78 is 29.1. The van der Waals surface area contributed by atoms with E-state index >= 15 is 0 Å². The third kappa shape index (κ3) is 4.25. The molecule has 1 fully saturated rings. The molecule has 2 amide bonds. The van der Waals surface area contributed by atoms with Gasteiger partial charge in [-0.25, -0.2) is 17.9 Å². The second-order valence-electron chi connectivity index (χ2n) is 6.75. The molecule has 1 aromatic heterocycles. The molecule has 1 aromatic carbocycles. The second-order valence-corrected chi connectivity index (χ2v) is 8.74. The van der Waals surface area contributed by atoms with Gasteiger partial charge in [0.25, 0.3) is 0 Å². The first-order valence-corrected chi connectivity index (χ1v) is 10.2. The summed E-state index contributed by atoms with van der Waals surface area (Å²) in [5.74, 6) is 0. The van der Waals surface area contributed by atoms with E-state index in [0.29, 0.717) is 18.7 Å². The standard InChI is InChI=1S/C18H24N4O3S/c1-14(2)20-26(24,25)17-8-11-22(13-17)18(23)19-15-6-5-7-16(12-15)21-9-3-4-10-21/h3-7,9-10,12,14,17,20H,8,11,13H2,1-2H3,(H,19,23). The molecule has 1 unspecified atom stereocenters. The summed E-state index contributed by atoms with van der Waals surface area (Å²) in [6, 6.07) is 10.9. The zero-order chi connectivity index (χ0) is 18.7. The molecule has 3 rings (SSSR count). The van der Waals surface area contributed by atoms with E-state index in [-0.39, 0.29) is 18.6 Å². The number of urea groups is 1. The van der Waals surface area contributed by atoms with E-state index in [9.17, 15) is 13.2 Å². The van der Waals surface area contributed by atoms with E-state index in [2.05, 4.69) is 10.0 Å². The zero-order valence-electron chi connectivity index (χ0n) is 14.9. The minimum Gasteiger partial charge on any atom is -0.324 e. The van der Waals surface area contributed by atoms with Gasteiger partial charge in [0.2, 0.25) is 10.0 Å². The van der Waals surface area contributed by atoms with Crippen LogP contribution in [0.4, 0.5) is 10.5 Å². The van der Waals surface area contributed by atoms with Gasteiger partial charge in [-0.05, 0) is 50.6 Å². The lowest BCUT2D eigenvalue weighted by molar-refractivity contribution is 0.222. The smallest absolute Gasteiger partial charge is 0.321 e. The van der Waals surface area contributed by atoms with Crippen LogP contribution in [0.15, 0.2) is 48.8 Å². The van der Waals surface area contributed by atoms with Crippen molar-refractivity contribution >= 4 is 21.7 Å². The second kappa shape index (κ2) is 7.51. The number of carbonyl (C=O) groups is 1. The van der Waals surface area contributed by atoms with Gasteiger partial charge in [-0.1, -0.05) is 6.07 Å². The number of hydrogen-bond acceptors (Lipinski definition) is 3. The molecule has 140 valence electrons. The molecule has 26 heavy (non-hydrogen) atoms. The number of rotatable bonds is 5. The van der Waals surface area contributed by atoms with Gasteiger partial charge in [0, 0.05) is 42.9 Å². The maximum atomic E-state index is 12.5. The lowest BCUT2D eigenvalue weighted by Crippen LogP contribution is -2.41. The Hall–Kier alpha value is -2.32. The highest BCUT2D eigenvalue weighted by Crippen LogP contribution is 2.19. The minimum atomic E-state index is -3.41. The summed E-state index contributed by atoms with van der Waals surface area (Å²) in [5.41, 5.74) is 1.61. The predicted molar refractivity (Wildman–Crippen MR) is 102 cm³/mol. The maximum absolute atomic E-state index is 12.5. The molecule has 0 saturated carbocycles. The van der Waals surface area contributed by atoms with Gasteiger partial charge >= 0.3 is 6.03 Å². The van der Waals surface area contributed by atoms with Gasteiger partial charge in [-0.15, -0.1) is 0 Å². The van der Waals surface area contributed by atoms with Gasteiger partial charge in [-0.3, -0.25) is 0 Å². The lowest BCUT2D eigenvalue weighted by Gasteiger charge is -2.19. The highest BCUT2D eigenvalue weighted by molar-refractivity contribution is 7.90. The summed E-state index contributed by atoms with van der Waals surface area (Å²) in [7, 11) is -3.41. The van der Waals surface area contributed by atoms with E-state index in [1.54, 1.807) is 18.7 Å². The average molecular weight is 376 g/mol. The molecule has 2 heterocycles. The number of benzene rings is 1. The Morgan fingerprint density at radius 2 is 1.92 bits per heavy atom. The Kier molecular flexibility index (Phi) is 5.33. The number of hydrogen-bond donors (Lipinski definition) is 2. The van der Waals surface area contributed by atoms with Crippen LogP contribution >= 0.6 is 0 Å². The van der Waals surface area contributed by atoms with Crippen LogP contribution in [-0.4, -0.2) is 48.3 Å². The van der Waals surface area contributed by atoms with Crippen LogP contribution in [0, 0.1) is 0 Å². The number of sulfonamides is 1. The number of carbonyl (C=O) groups excluding carboxylic acids is 1. The SMILES string of the molecule is CC(C)NS(=O)(=O)C1CCN(C(=O)Nc2cccc(-n3cccc3)c2)C1. The van der Waals surface area contributed by atoms with Crippen LogP contribution in [0.5, 0.6) is 0 Å². The molecular formula is C18H24N4O3S. The van der Waals surface area contributed by atoms with E-state index in [4.69, 9.17) is 0 Å². The monoisotopic (exact) mass is 376 g/mol. The Labute approximate surface area is 154 Å². The Bertz CT molecular complexity index is 862. The van der Waals surface area contributed by atoms with Crippen molar-refractivity contribution in [3.63, 3.8) is 0 Å². The quantitative estimate of drug-likeness (QED) is 0.841. The number of anilines is 1. The fourth-order valence-corrected chi connectivity index (χ4v) is 4.69. The highest BCUT2D eigenvalue weighted by atomic mass is 32.2. The summed E-state index contributed by atoms with van der Waals surface area (Å²) in [6.07, 6.45) is 4.30. The van der Waals surface area contributed by atoms with E-state index in [1.807, 2.05) is 53.4 Å². The Balaban J connectivity index is 1.64.